The number of allylic oxidation sites excluding steroid dienone is 1. The number of hydrogen-bond acceptors (Lipinski definition) is 6. The van der Waals surface area contributed by atoms with Gasteiger partial charge < -0.3 is 20.6 Å². The Bertz CT molecular complexity index is 933. The fourth-order valence-electron chi connectivity index (χ4n) is 4.74. The summed E-state index contributed by atoms with van der Waals surface area (Å²) in [5.74, 6) is -7.38. The molecule has 3 aliphatic rings. The highest BCUT2D eigenvalue weighted by molar-refractivity contribution is 5.93. The molecular formula is C21H25F6N5O4. The first-order chi connectivity index (χ1) is 16.7. The maximum absolute atomic E-state index is 13.5. The smallest absolute Gasteiger partial charge is 0.378 e. The van der Waals surface area contributed by atoms with Crippen LogP contribution in [-0.4, -0.2) is 77.0 Å². The molecule has 2 saturated heterocycles. The van der Waals surface area contributed by atoms with Gasteiger partial charge in [-0.05, 0) is 32.1 Å². The first-order valence-corrected chi connectivity index (χ1v) is 11.3. The third-order valence-corrected chi connectivity index (χ3v) is 6.60. The van der Waals surface area contributed by atoms with E-state index in [2.05, 4.69) is 10.6 Å². The lowest BCUT2D eigenvalue weighted by Crippen LogP contribution is -2.56. The van der Waals surface area contributed by atoms with Crippen LogP contribution < -0.4 is 16.0 Å². The van der Waals surface area contributed by atoms with Crippen LogP contribution in [0.5, 0.6) is 0 Å². The van der Waals surface area contributed by atoms with Crippen molar-refractivity contribution in [1.29, 1.82) is 5.26 Å². The van der Waals surface area contributed by atoms with E-state index in [1.54, 1.807) is 6.08 Å². The van der Waals surface area contributed by atoms with Gasteiger partial charge in [-0.1, -0.05) is 12.2 Å². The molecule has 0 aliphatic carbocycles. The van der Waals surface area contributed by atoms with Crippen LogP contribution in [0.25, 0.3) is 0 Å². The Morgan fingerprint density at radius 1 is 1.17 bits per heavy atom. The van der Waals surface area contributed by atoms with Crippen LogP contribution in [0.1, 0.15) is 32.1 Å². The minimum atomic E-state index is -5.34. The molecule has 3 heterocycles. The molecule has 15 heteroatoms. The zero-order chi connectivity index (χ0) is 26.8. The number of halogens is 6. The number of fused-ring (bicyclic) bond motifs is 3. The summed E-state index contributed by atoms with van der Waals surface area (Å²) >= 11 is 0. The fourth-order valence-corrected chi connectivity index (χ4v) is 4.74. The van der Waals surface area contributed by atoms with E-state index in [-0.39, 0.29) is 25.3 Å². The molecule has 0 aromatic rings. The minimum Gasteiger partial charge on any atom is -0.378 e. The average molecular weight is 525 g/mol. The first-order valence-electron chi connectivity index (χ1n) is 11.3. The SMILES string of the molecule is N#CC1C[C@@H]2C[C@@H](C=CCC[C@H](NC(=O)C(F)(F)F)C(=O)N3C[C@H](C(F)(F)F)C[C@H]3C(=O)N1)NC2O. The zero-order valence-electron chi connectivity index (χ0n) is 18.8. The maximum atomic E-state index is 13.5. The summed E-state index contributed by atoms with van der Waals surface area (Å²) in [6.07, 6.45) is -8.98. The Kier molecular flexibility index (Phi) is 8.19. The number of nitriles is 1. The molecule has 0 aromatic carbocycles. The van der Waals surface area contributed by atoms with E-state index in [1.165, 1.54) is 11.4 Å². The lowest BCUT2D eigenvalue weighted by atomic mass is 9.95. The first kappa shape index (κ1) is 27.7. The Morgan fingerprint density at radius 3 is 2.47 bits per heavy atom. The zero-order valence-corrected chi connectivity index (χ0v) is 18.8. The van der Waals surface area contributed by atoms with Gasteiger partial charge in [0.25, 0.3) is 0 Å². The van der Waals surface area contributed by atoms with Crippen LogP contribution in [0, 0.1) is 23.2 Å². The van der Waals surface area contributed by atoms with E-state index in [0.29, 0.717) is 11.3 Å². The second kappa shape index (κ2) is 10.6. The van der Waals surface area contributed by atoms with Crippen LogP contribution in [0.15, 0.2) is 12.2 Å². The standard InChI is InChI=1S/C21H25F6N5O4/c22-20(23,24)11-7-15-17(34)30-13(8-28)6-10-5-12(29-16(10)33)3-1-2-4-14(18(35)32(15)9-11)31-19(36)21(25,26)27/h1,3,10-16,29,33H,2,4-7,9H2,(H,30,34)(H,31,36)/t10-,11+,12+,13?,14-,15-,16?/m0/s1. The van der Waals surface area contributed by atoms with Crippen molar-refractivity contribution in [3.8, 4) is 6.07 Å². The highest BCUT2D eigenvalue weighted by atomic mass is 19.4. The number of alkyl halides is 6. The minimum absolute atomic E-state index is 0.0195. The van der Waals surface area contributed by atoms with Gasteiger partial charge in [0, 0.05) is 18.5 Å². The molecule has 0 saturated carbocycles. The highest BCUT2D eigenvalue weighted by Gasteiger charge is 2.52. The predicted octanol–water partition coefficient (Wildman–Crippen LogP) is 0.858. The molecule has 2 fully saturated rings. The Morgan fingerprint density at radius 2 is 1.86 bits per heavy atom. The molecule has 2 bridgehead atoms. The third kappa shape index (κ3) is 6.47. The summed E-state index contributed by atoms with van der Waals surface area (Å²) in [7, 11) is 0. The summed E-state index contributed by atoms with van der Waals surface area (Å²) in [4.78, 5) is 38.1. The van der Waals surface area contributed by atoms with Crippen molar-refractivity contribution in [3.63, 3.8) is 0 Å². The van der Waals surface area contributed by atoms with Crippen molar-refractivity contribution in [2.45, 2.75) is 74.9 Å². The van der Waals surface area contributed by atoms with Crippen molar-refractivity contribution in [3.05, 3.63) is 12.2 Å². The van der Waals surface area contributed by atoms with E-state index in [0.717, 1.165) is 0 Å². The van der Waals surface area contributed by atoms with E-state index < -0.39 is 79.2 Å². The number of nitrogens with one attached hydrogen (secondary N) is 3. The van der Waals surface area contributed by atoms with Crippen molar-refractivity contribution in [2.24, 2.45) is 11.8 Å². The molecule has 3 aliphatic heterocycles. The molecule has 9 nitrogen and oxygen atoms in total. The number of rotatable bonds is 1. The summed E-state index contributed by atoms with van der Waals surface area (Å²) in [6.45, 7) is -0.987. The predicted molar refractivity (Wildman–Crippen MR) is 109 cm³/mol. The van der Waals surface area contributed by atoms with Crippen LogP contribution in [-0.2, 0) is 14.4 Å². The molecule has 4 N–H and O–H groups in total. The van der Waals surface area contributed by atoms with Gasteiger partial charge in [-0.25, -0.2) is 0 Å². The van der Waals surface area contributed by atoms with E-state index >= 15 is 0 Å². The highest BCUT2D eigenvalue weighted by Crippen LogP contribution is 2.37. The summed E-state index contributed by atoms with van der Waals surface area (Å²) in [5.41, 5.74) is 0. The summed E-state index contributed by atoms with van der Waals surface area (Å²) < 4.78 is 79.0. The van der Waals surface area contributed by atoms with Crippen molar-refractivity contribution in [2.75, 3.05) is 6.54 Å². The normalized spacial score (nSPS) is 34.3. The van der Waals surface area contributed by atoms with Crippen LogP contribution >= 0.6 is 0 Å². The molecule has 3 amide bonds. The molecule has 0 aromatic heterocycles. The van der Waals surface area contributed by atoms with Gasteiger partial charge in [0.1, 0.15) is 24.4 Å². The lowest BCUT2D eigenvalue weighted by Gasteiger charge is -2.29. The molecule has 0 spiro atoms. The topological polar surface area (TPSA) is 135 Å². The van der Waals surface area contributed by atoms with Gasteiger partial charge in [0.2, 0.25) is 11.8 Å². The van der Waals surface area contributed by atoms with E-state index in [9.17, 15) is 51.1 Å². The molecule has 7 atom stereocenters. The van der Waals surface area contributed by atoms with Gasteiger partial charge in [0.05, 0.1) is 12.0 Å². The van der Waals surface area contributed by atoms with E-state index in [1.807, 2.05) is 6.07 Å². The average Bonchev–Trinajstić information content (AvgIpc) is 3.37. The van der Waals surface area contributed by atoms with E-state index in [4.69, 9.17) is 0 Å². The number of aliphatic hydroxyl groups is 1. The quantitative estimate of drug-likeness (QED) is 0.296. The Hall–Kier alpha value is -2.86. The number of aliphatic hydroxyl groups excluding tert-OH is 1. The van der Waals surface area contributed by atoms with Gasteiger partial charge in [-0.2, -0.15) is 31.6 Å². The molecule has 0 radical (unpaired) electrons. The molecular weight excluding hydrogens is 500 g/mol. The van der Waals surface area contributed by atoms with Crippen molar-refractivity contribution in [1.82, 2.24) is 20.9 Å². The number of nitrogens with zero attached hydrogens (tertiary/aromatic N) is 2. The van der Waals surface area contributed by atoms with Gasteiger partial charge in [-0.3, -0.25) is 19.7 Å². The van der Waals surface area contributed by atoms with Gasteiger partial charge in [0.15, 0.2) is 0 Å². The molecule has 3 rings (SSSR count). The lowest BCUT2D eigenvalue weighted by molar-refractivity contribution is -0.175. The summed E-state index contributed by atoms with van der Waals surface area (Å²) in [5, 5.41) is 26.4. The van der Waals surface area contributed by atoms with Crippen LogP contribution in [0.2, 0.25) is 0 Å². The second-order valence-electron chi connectivity index (χ2n) is 9.15. The Labute approximate surface area is 201 Å². The van der Waals surface area contributed by atoms with Crippen LogP contribution in [0.4, 0.5) is 26.3 Å². The molecule has 36 heavy (non-hydrogen) atoms. The van der Waals surface area contributed by atoms with Crippen molar-refractivity contribution >= 4 is 17.7 Å². The van der Waals surface area contributed by atoms with Crippen molar-refractivity contribution < 1.29 is 45.8 Å². The largest absolute Gasteiger partial charge is 0.471 e. The Balaban J connectivity index is 1.95. The number of carbonyl (C=O) groups is 3. The third-order valence-electron chi connectivity index (χ3n) is 6.60. The second-order valence-corrected chi connectivity index (χ2v) is 9.15. The number of carbonyl (C=O) groups excluding carboxylic acids is 3. The fraction of sp³-hybridized carbons (Fsp3) is 0.714. The van der Waals surface area contributed by atoms with Crippen LogP contribution in [0.3, 0.4) is 0 Å². The molecule has 200 valence electrons. The van der Waals surface area contributed by atoms with Gasteiger partial charge >= 0.3 is 18.3 Å². The summed E-state index contributed by atoms with van der Waals surface area (Å²) in [6, 6.07) is -3.31. The number of hydrogen-bond donors (Lipinski definition) is 4. The number of amides is 3. The monoisotopic (exact) mass is 525 g/mol. The molecule has 2 unspecified atom stereocenters. The van der Waals surface area contributed by atoms with Gasteiger partial charge in [-0.15, -0.1) is 0 Å². The maximum Gasteiger partial charge on any atom is 0.471 e.